The van der Waals surface area contributed by atoms with Crippen molar-refractivity contribution in [3.63, 3.8) is 0 Å². The van der Waals surface area contributed by atoms with Crippen LogP contribution in [0.2, 0.25) is 0 Å². The molecule has 0 aromatic heterocycles. The fraction of sp³-hybridized carbons (Fsp3) is 0.429. The largest absolute Gasteiger partial charge is 0.464 e. The van der Waals surface area contributed by atoms with Crippen LogP contribution in [-0.4, -0.2) is 31.6 Å². The van der Waals surface area contributed by atoms with Crippen LogP contribution in [0.5, 0.6) is 0 Å². The van der Waals surface area contributed by atoms with Crippen LogP contribution >= 0.6 is 0 Å². The molecule has 0 fully saturated rings. The summed E-state index contributed by atoms with van der Waals surface area (Å²) in [7, 11) is 0. The maximum Gasteiger partial charge on any atom is 0.335 e. The van der Waals surface area contributed by atoms with E-state index in [0.29, 0.717) is 25.2 Å². The van der Waals surface area contributed by atoms with Gasteiger partial charge in [-0.1, -0.05) is 18.2 Å². The molecule has 1 atom stereocenters. The molecule has 0 spiro atoms. The number of benzene rings is 1. The van der Waals surface area contributed by atoms with Crippen LogP contribution in [0.15, 0.2) is 24.3 Å². The van der Waals surface area contributed by atoms with Crippen LogP contribution in [0.3, 0.4) is 0 Å². The van der Waals surface area contributed by atoms with E-state index in [2.05, 4.69) is 0 Å². The molecule has 0 aliphatic carbocycles. The van der Waals surface area contributed by atoms with Crippen LogP contribution in [0, 0.1) is 0 Å². The smallest absolute Gasteiger partial charge is 0.335 e. The van der Waals surface area contributed by atoms with Crippen molar-refractivity contribution in [3.8, 4) is 0 Å². The Morgan fingerprint density at radius 2 is 2.11 bits per heavy atom. The third-order valence-corrected chi connectivity index (χ3v) is 2.43. The Morgan fingerprint density at radius 1 is 1.33 bits per heavy atom. The highest BCUT2D eigenvalue weighted by atomic mass is 16.6. The second-order valence-corrected chi connectivity index (χ2v) is 3.76. The normalized spacial score (nSPS) is 11.9. The lowest BCUT2D eigenvalue weighted by atomic mass is 10.1. The first kappa shape index (κ1) is 14.4. The maximum absolute atomic E-state index is 11.7. The zero-order valence-corrected chi connectivity index (χ0v) is 10.7. The van der Waals surface area contributed by atoms with Gasteiger partial charge in [0.2, 0.25) is 0 Å². The summed E-state index contributed by atoms with van der Waals surface area (Å²) in [5, 5.41) is 0. The molecule has 0 heterocycles. The van der Waals surface area contributed by atoms with Crippen LogP contribution < -0.4 is 0 Å². The first-order chi connectivity index (χ1) is 8.71. The van der Waals surface area contributed by atoms with Crippen molar-refractivity contribution < 1.29 is 19.1 Å². The summed E-state index contributed by atoms with van der Waals surface area (Å²) < 4.78 is 10.3. The van der Waals surface area contributed by atoms with E-state index in [1.54, 1.807) is 25.1 Å². The van der Waals surface area contributed by atoms with E-state index in [0.717, 1.165) is 11.8 Å². The van der Waals surface area contributed by atoms with E-state index in [9.17, 15) is 9.59 Å². The van der Waals surface area contributed by atoms with Gasteiger partial charge in [0.15, 0.2) is 6.10 Å². The molecule has 1 aromatic carbocycles. The molecule has 0 amide bonds. The third-order valence-electron chi connectivity index (χ3n) is 2.43. The lowest BCUT2D eigenvalue weighted by Crippen LogP contribution is -2.29. The fourth-order valence-electron chi connectivity index (χ4n) is 1.65. The quantitative estimate of drug-likeness (QED) is 0.548. The first-order valence-electron chi connectivity index (χ1n) is 6.03. The van der Waals surface area contributed by atoms with Crippen LogP contribution in [0.25, 0.3) is 0 Å². The standard InChI is InChI=1S/C14H18O4/c1-3-17-13(14(16)18-4-2)9-11-6-5-7-12(8-11)10-15/h5-8,10,13H,3-4,9H2,1-2H3/t13-/m1/s1. The Labute approximate surface area is 107 Å². The van der Waals surface area contributed by atoms with Crippen molar-refractivity contribution >= 4 is 12.3 Å². The summed E-state index contributed by atoms with van der Waals surface area (Å²) in [5.74, 6) is -0.365. The summed E-state index contributed by atoms with van der Waals surface area (Å²) in [4.78, 5) is 22.4. The molecule has 0 N–H and O–H groups in total. The number of ether oxygens (including phenoxy) is 2. The van der Waals surface area contributed by atoms with Gasteiger partial charge in [-0.2, -0.15) is 0 Å². The molecule has 0 aliphatic rings. The van der Waals surface area contributed by atoms with E-state index >= 15 is 0 Å². The fourth-order valence-corrected chi connectivity index (χ4v) is 1.65. The van der Waals surface area contributed by atoms with Crippen molar-refractivity contribution in [2.45, 2.75) is 26.4 Å². The van der Waals surface area contributed by atoms with Crippen LogP contribution in [-0.2, 0) is 20.7 Å². The molecule has 1 rings (SSSR count). The second kappa shape index (κ2) is 7.61. The summed E-state index contributed by atoms with van der Waals surface area (Å²) in [6, 6.07) is 7.11. The Balaban J connectivity index is 2.75. The average Bonchev–Trinajstić information content (AvgIpc) is 2.39. The van der Waals surface area contributed by atoms with Gasteiger partial charge in [0.05, 0.1) is 6.61 Å². The van der Waals surface area contributed by atoms with E-state index < -0.39 is 6.10 Å². The number of hydrogen-bond donors (Lipinski definition) is 0. The SMILES string of the molecule is CCOC(=O)[C@@H](Cc1cccc(C=O)c1)OCC. The second-order valence-electron chi connectivity index (χ2n) is 3.76. The molecular formula is C14H18O4. The minimum atomic E-state index is -0.614. The molecule has 4 heteroatoms. The molecule has 4 nitrogen and oxygen atoms in total. The summed E-state index contributed by atoms with van der Waals surface area (Å²) in [6.45, 7) is 4.36. The highest BCUT2D eigenvalue weighted by molar-refractivity contribution is 5.76. The van der Waals surface area contributed by atoms with Crippen molar-refractivity contribution in [3.05, 3.63) is 35.4 Å². The predicted molar refractivity (Wildman–Crippen MR) is 67.6 cm³/mol. The third kappa shape index (κ3) is 4.30. The zero-order chi connectivity index (χ0) is 13.4. The predicted octanol–water partition coefficient (Wildman–Crippen LogP) is 2.01. The van der Waals surface area contributed by atoms with Crippen molar-refractivity contribution in [2.75, 3.05) is 13.2 Å². The molecule has 1 aromatic rings. The minimum Gasteiger partial charge on any atom is -0.464 e. The van der Waals surface area contributed by atoms with Crippen LogP contribution in [0.1, 0.15) is 29.8 Å². The van der Waals surface area contributed by atoms with Crippen LogP contribution in [0.4, 0.5) is 0 Å². The molecule has 0 saturated heterocycles. The maximum atomic E-state index is 11.7. The molecule has 0 aliphatic heterocycles. The van der Waals surface area contributed by atoms with Crippen molar-refractivity contribution in [1.29, 1.82) is 0 Å². The highest BCUT2D eigenvalue weighted by Crippen LogP contribution is 2.10. The number of carbonyl (C=O) groups is 2. The molecular weight excluding hydrogens is 232 g/mol. The molecule has 0 saturated carbocycles. The molecule has 0 bridgehead atoms. The van der Waals surface area contributed by atoms with Gasteiger partial charge >= 0.3 is 5.97 Å². The lowest BCUT2D eigenvalue weighted by Gasteiger charge is -2.15. The van der Waals surface area contributed by atoms with Gasteiger partial charge in [-0.15, -0.1) is 0 Å². The number of rotatable bonds is 7. The monoisotopic (exact) mass is 250 g/mol. The Bertz CT molecular complexity index is 401. The minimum absolute atomic E-state index is 0.330. The Hall–Kier alpha value is -1.68. The number of esters is 1. The van der Waals surface area contributed by atoms with Gasteiger partial charge < -0.3 is 9.47 Å². The Kier molecular flexibility index (Phi) is 6.08. The first-order valence-corrected chi connectivity index (χ1v) is 6.03. The zero-order valence-electron chi connectivity index (χ0n) is 10.7. The molecule has 0 radical (unpaired) electrons. The van der Waals surface area contributed by atoms with Gasteiger partial charge in [0, 0.05) is 18.6 Å². The van der Waals surface area contributed by atoms with E-state index in [1.165, 1.54) is 0 Å². The summed E-state index contributed by atoms with van der Waals surface area (Å²) >= 11 is 0. The topological polar surface area (TPSA) is 52.6 Å². The van der Waals surface area contributed by atoms with Gasteiger partial charge in [0.1, 0.15) is 6.29 Å². The number of carbonyl (C=O) groups excluding carboxylic acids is 2. The number of aldehydes is 1. The molecule has 0 unspecified atom stereocenters. The van der Waals surface area contributed by atoms with Gasteiger partial charge in [-0.3, -0.25) is 4.79 Å². The van der Waals surface area contributed by atoms with Gasteiger partial charge in [-0.05, 0) is 25.5 Å². The van der Waals surface area contributed by atoms with E-state index in [1.807, 2.05) is 13.0 Å². The molecule has 18 heavy (non-hydrogen) atoms. The number of hydrogen-bond acceptors (Lipinski definition) is 4. The summed E-state index contributed by atoms with van der Waals surface area (Å²) in [6.07, 6.45) is 0.578. The summed E-state index contributed by atoms with van der Waals surface area (Å²) in [5.41, 5.74) is 1.47. The van der Waals surface area contributed by atoms with Gasteiger partial charge in [0.25, 0.3) is 0 Å². The van der Waals surface area contributed by atoms with Crippen molar-refractivity contribution in [2.24, 2.45) is 0 Å². The van der Waals surface area contributed by atoms with E-state index in [-0.39, 0.29) is 5.97 Å². The average molecular weight is 250 g/mol. The molecule has 98 valence electrons. The van der Waals surface area contributed by atoms with E-state index in [4.69, 9.17) is 9.47 Å². The van der Waals surface area contributed by atoms with Crippen molar-refractivity contribution in [1.82, 2.24) is 0 Å². The Morgan fingerprint density at radius 3 is 2.72 bits per heavy atom. The van der Waals surface area contributed by atoms with Gasteiger partial charge in [-0.25, -0.2) is 4.79 Å². The lowest BCUT2D eigenvalue weighted by molar-refractivity contribution is -0.156. The highest BCUT2D eigenvalue weighted by Gasteiger charge is 2.20.